The van der Waals surface area contributed by atoms with Crippen molar-refractivity contribution in [2.24, 2.45) is 0 Å². The maximum Gasteiger partial charge on any atom is 0.158 e. The predicted molar refractivity (Wildman–Crippen MR) is 64.1 cm³/mol. The number of carbonyl (C=O) groups excluding carboxylic acids is 1. The molecular weight excluding hydrogens is 206 g/mol. The molecule has 2 nitrogen and oxygen atoms in total. The van der Waals surface area contributed by atoms with Gasteiger partial charge in [0.2, 0.25) is 0 Å². The molecule has 78 valence electrons. The molecule has 1 aliphatic heterocycles. The van der Waals surface area contributed by atoms with Crippen LogP contribution in [0.4, 0.5) is 5.69 Å². The van der Waals surface area contributed by atoms with Crippen molar-refractivity contribution in [2.45, 2.75) is 18.7 Å². The summed E-state index contributed by atoms with van der Waals surface area (Å²) in [5.74, 6) is 0.136. The van der Waals surface area contributed by atoms with E-state index in [1.807, 2.05) is 26.1 Å². The molecule has 0 aliphatic carbocycles. The van der Waals surface area contributed by atoms with Crippen LogP contribution < -0.4 is 4.90 Å². The minimum absolute atomic E-state index is 0.136. The molecule has 0 unspecified atom stereocenters. The minimum atomic E-state index is 0.136. The van der Waals surface area contributed by atoms with Gasteiger partial charge in [-0.15, -0.1) is 0 Å². The normalized spacial score (nSPS) is 17.7. The van der Waals surface area contributed by atoms with E-state index >= 15 is 0 Å². The summed E-state index contributed by atoms with van der Waals surface area (Å²) in [5, 5.41) is 1.05. The SMILES string of the molecule is CC(=O)C(C)=C1Sc2ccccc2N1C. The molecule has 0 radical (unpaired) electrons. The number of ketones is 1. The molecule has 3 heteroatoms. The second-order valence-corrected chi connectivity index (χ2v) is 4.65. The molecule has 0 aromatic heterocycles. The van der Waals surface area contributed by atoms with Crippen molar-refractivity contribution in [3.8, 4) is 0 Å². The van der Waals surface area contributed by atoms with Crippen LogP contribution in [0.25, 0.3) is 0 Å². The van der Waals surface area contributed by atoms with Gasteiger partial charge in [-0.1, -0.05) is 23.9 Å². The Kier molecular flexibility index (Phi) is 2.57. The summed E-state index contributed by atoms with van der Waals surface area (Å²) in [6, 6.07) is 8.19. The Morgan fingerprint density at radius 1 is 1.27 bits per heavy atom. The zero-order chi connectivity index (χ0) is 11.0. The highest BCUT2D eigenvalue weighted by Gasteiger charge is 2.24. The lowest BCUT2D eigenvalue weighted by Crippen LogP contribution is -2.13. The van der Waals surface area contributed by atoms with E-state index in [1.54, 1.807) is 18.7 Å². The summed E-state index contributed by atoms with van der Waals surface area (Å²) in [6.07, 6.45) is 0. The van der Waals surface area contributed by atoms with Crippen LogP contribution in [0, 0.1) is 0 Å². The number of para-hydroxylation sites is 1. The van der Waals surface area contributed by atoms with Gasteiger partial charge in [0.1, 0.15) is 0 Å². The van der Waals surface area contributed by atoms with Crippen molar-refractivity contribution in [3.05, 3.63) is 34.9 Å². The van der Waals surface area contributed by atoms with Crippen molar-refractivity contribution in [1.29, 1.82) is 0 Å². The van der Waals surface area contributed by atoms with Gasteiger partial charge in [-0.25, -0.2) is 0 Å². The van der Waals surface area contributed by atoms with E-state index in [0.717, 1.165) is 10.6 Å². The van der Waals surface area contributed by atoms with Crippen LogP contribution in [-0.2, 0) is 4.79 Å². The van der Waals surface area contributed by atoms with E-state index in [9.17, 15) is 4.79 Å². The molecule has 0 fully saturated rings. The number of hydrogen-bond acceptors (Lipinski definition) is 3. The Morgan fingerprint density at radius 2 is 1.93 bits per heavy atom. The van der Waals surface area contributed by atoms with E-state index in [2.05, 4.69) is 17.0 Å². The maximum absolute atomic E-state index is 11.3. The number of Topliss-reactive ketones (excluding diaryl/α,β-unsaturated/α-hetero) is 1. The largest absolute Gasteiger partial charge is 0.338 e. The number of anilines is 1. The fraction of sp³-hybridized carbons (Fsp3) is 0.250. The van der Waals surface area contributed by atoms with Crippen LogP contribution in [0.5, 0.6) is 0 Å². The van der Waals surface area contributed by atoms with Crippen molar-refractivity contribution < 1.29 is 4.79 Å². The molecule has 0 saturated carbocycles. The first-order valence-corrected chi connectivity index (χ1v) is 5.65. The number of benzene rings is 1. The first-order valence-electron chi connectivity index (χ1n) is 4.83. The van der Waals surface area contributed by atoms with Crippen molar-refractivity contribution in [3.63, 3.8) is 0 Å². The van der Waals surface area contributed by atoms with Crippen LogP contribution in [-0.4, -0.2) is 12.8 Å². The zero-order valence-corrected chi connectivity index (χ0v) is 9.89. The average Bonchev–Trinajstić information content (AvgIpc) is 2.56. The molecule has 0 amide bonds. The first-order chi connectivity index (χ1) is 7.11. The number of fused-ring (bicyclic) bond motifs is 1. The third-order valence-corrected chi connectivity index (χ3v) is 3.93. The highest BCUT2D eigenvalue weighted by molar-refractivity contribution is 8.03. The second-order valence-electron chi connectivity index (χ2n) is 3.62. The van der Waals surface area contributed by atoms with Gasteiger partial charge in [0, 0.05) is 17.5 Å². The van der Waals surface area contributed by atoms with Gasteiger partial charge in [-0.3, -0.25) is 4.79 Å². The molecule has 1 aromatic carbocycles. The molecule has 0 spiro atoms. The van der Waals surface area contributed by atoms with Crippen LogP contribution in [0.1, 0.15) is 13.8 Å². The van der Waals surface area contributed by atoms with Gasteiger partial charge in [0.25, 0.3) is 0 Å². The van der Waals surface area contributed by atoms with Crippen LogP contribution in [0.15, 0.2) is 39.8 Å². The second kappa shape index (κ2) is 3.74. The number of thioether (sulfide) groups is 1. The maximum atomic E-state index is 11.3. The fourth-order valence-corrected chi connectivity index (χ4v) is 2.78. The summed E-state index contributed by atoms with van der Waals surface area (Å²) >= 11 is 1.67. The fourth-order valence-electron chi connectivity index (χ4n) is 1.58. The van der Waals surface area contributed by atoms with E-state index < -0.39 is 0 Å². The Labute approximate surface area is 94.0 Å². The van der Waals surface area contributed by atoms with Crippen molar-refractivity contribution >= 4 is 23.2 Å². The van der Waals surface area contributed by atoms with E-state index in [0.29, 0.717) is 0 Å². The van der Waals surface area contributed by atoms with Crippen LogP contribution in [0.2, 0.25) is 0 Å². The first kappa shape index (κ1) is 10.3. The van der Waals surface area contributed by atoms with Gasteiger partial charge in [0.05, 0.1) is 10.7 Å². The Morgan fingerprint density at radius 3 is 2.53 bits per heavy atom. The third-order valence-electron chi connectivity index (χ3n) is 2.59. The van der Waals surface area contributed by atoms with E-state index in [4.69, 9.17) is 0 Å². The van der Waals surface area contributed by atoms with Crippen molar-refractivity contribution in [2.75, 3.05) is 11.9 Å². The molecular formula is C12H13NOS. The smallest absolute Gasteiger partial charge is 0.158 e. The molecule has 2 rings (SSSR count). The predicted octanol–water partition coefficient (Wildman–Crippen LogP) is 3.05. The molecule has 0 bridgehead atoms. The van der Waals surface area contributed by atoms with Gasteiger partial charge >= 0.3 is 0 Å². The number of hydrogen-bond donors (Lipinski definition) is 0. The Balaban J connectivity index is 2.47. The summed E-state index contributed by atoms with van der Waals surface area (Å²) < 4.78 is 0. The summed E-state index contributed by atoms with van der Waals surface area (Å²) in [5.41, 5.74) is 2.01. The van der Waals surface area contributed by atoms with E-state index in [-0.39, 0.29) is 5.78 Å². The van der Waals surface area contributed by atoms with Gasteiger partial charge in [-0.05, 0) is 26.0 Å². The summed E-state index contributed by atoms with van der Waals surface area (Å²) in [7, 11) is 2.00. The molecule has 0 saturated heterocycles. The minimum Gasteiger partial charge on any atom is -0.338 e. The quantitative estimate of drug-likeness (QED) is 0.677. The molecule has 1 heterocycles. The number of allylic oxidation sites excluding steroid dienone is 1. The molecule has 0 N–H and O–H groups in total. The lowest BCUT2D eigenvalue weighted by Gasteiger charge is -2.15. The molecule has 0 atom stereocenters. The van der Waals surface area contributed by atoms with Crippen LogP contribution >= 0.6 is 11.8 Å². The van der Waals surface area contributed by atoms with E-state index in [1.165, 1.54) is 10.6 Å². The molecule has 15 heavy (non-hydrogen) atoms. The van der Waals surface area contributed by atoms with Crippen LogP contribution in [0.3, 0.4) is 0 Å². The lowest BCUT2D eigenvalue weighted by atomic mass is 10.2. The number of nitrogens with zero attached hydrogens (tertiary/aromatic N) is 1. The summed E-state index contributed by atoms with van der Waals surface area (Å²) in [6.45, 7) is 3.49. The standard InChI is InChI=1S/C12H13NOS/c1-8(9(2)14)12-13(3)10-6-4-5-7-11(10)15-12/h4-7H,1-3H3. The highest BCUT2D eigenvalue weighted by Crippen LogP contribution is 2.45. The topological polar surface area (TPSA) is 20.3 Å². The highest BCUT2D eigenvalue weighted by atomic mass is 32.2. The summed E-state index contributed by atoms with van der Waals surface area (Å²) in [4.78, 5) is 14.6. The monoisotopic (exact) mass is 219 g/mol. The molecule has 1 aliphatic rings. The Bertz CT molecular complexity index is 451. The van der Waals surface area contributed by atoms with Crippen molar-refractivity contribution in [1.82, 2.24) is 0 Å². The average molecular weight is 219 g/mol. The van der Waals surface area contributed by atoms with Gasteiger partial charge in [-0.2, -0.15) is 0 Å². The number of rotatable bonds is 1. The van der Waals surface area contributed by atoms with Gasteiger partial charge < -0.3 is 4.90 Å². The van der Waals surface area contributed by atoms with Gasteiger partial charge in [0.15, 0.2) is 5.78 Å². The Hall–Kier alpha value is -1.22. The zero-order valence-electron chi connectivity index (χ0n) is 9.07. The number of carbonyl (C=O) groups is 1. The molecule has 1 aromatic rings. The lowest BCUT2D eigenvalue weighted by molar-refractivity contribution is -0.113. The third kappa shape index (κ3) is 1.67.